The molecule has 0 saturated heterocycles. The highest BCUT2D eigenvalue weighted by atomic mass is 79.9. The summed E-state index contributed by atoms with van der Waals surface area (Å²) in [5.74, 6) is -1.21. The van der Waals surface area contributed by atoms with Crippen molar-refractivity contribution in [3.8, 4) is 0 Å². The number of alkyl halides is 3. The molecule has 1 atom stereocenters. The zero-order valence-corrected chi connectivity index (χ0v) is 14.6. The molecular weight excluding hydrogens is 408 g/mol. The van der Waals surface area contributed by atoms with Gasteiger partial charge in [0.2, 0.25) is 3.79 Å². The summed E-state index contributed by atoms with van der Waals surface area (Å²) in [5, 5.41) is 0. The lowest BCUT2D eigenvalue weighted by atomic mass is 10.0. The molecule has 116 valence electrons. The lowest BCUT2D eigenvalue weighted by Crippen LogP contribution is -2.31. The average molecular weight is 419 g/mol. The van der Waals surface area contributed by atoms with Crippen molar-refractivity contribution in [2.45, 2.75) is 16.6 Å². The van der Waals surface area contributed by atoms with Gasteiger partial charge in [0, 0.05) is 4.47 Å². The second kappa shape index (κ2) is 8.08. The predicted molar refractivity (Wildman–Crippen MR) is 83.4 cm³/mol. The van der Waals surface area contributed by atoms with Crippen LogP contribution in [-0.2, 0) is 14.4 Å². The quantitative estimate of drug-likeness (QED) is 0.592. The third kappa shape index (κ3) is 7.22. The Labute approximate surface area is 144 Å². The smallest absolute Gasteiger partial charge is 0.440 e. The van der Waals surface area contributed by atoms with E-state index >= 15 is 0 Å². The fourth-order valence-corrected chi connectivity index (χ4v) is 1.67. The number of nitrogens with one attached hydrogen (secondary N) is 1. The highest BCUT2D eigenvalue weighted by Gasteiger charge is 2.23. The van der Waals surface area contributed by atoms with Gasteiger partial charge in [-0.1, -0.05) is 62.9 Å². The zero-order valence-electron chi connectivity index (χ0n) is 10.7. The second-order valence-corrected chi connectivity index (χ2v) is 7.42. The summed E-state index contributed by atoms with van der Waals surface area (Å²) < 4.78 is 3.69. The van der Waals surface area contributed by atoms with Crippen molar-refractivity contribution in [1.82, 2.24) is 5.48 Å². The summed E-state index contributed by atoms with van der Waals surface area (Å²) >= 11 is 19.5. The molecule has 1 aromatic carbocycles. The van der Waals surface area contributed by atoms with E-state index in [2.05, 4.69) is 25.5 Å². The number of carbonyl (C=O) groups is 2. The normalized spacial score (nSPS) is 12.4. The van der Waals surface area contributed by atoms with Crippen LogP contribution in [0.2, 0.25) is 0 Å². The van der Waals surface area contributed by atoms with E-state index in [4.69, 9.17) is 34.8 Å². The topological polar surface area (TPSA) is 64.6 Å². The van der Waals surface area contributed by atoms with E-state index < -0.39 is 28.4 Å². The van der Waals surface area contributed by atoms with Crippen LogP contribution in [0.15, 0.2) is 28.7 Å². The molecule has 0 aliphatic carbocycles. The molecule has 21 heavy (non-hydrogen) atoms. The van der Waals surface area contributed by atoms with Gasteiger partial charge >= 0.3 is 12.1 Å². The second-order valence-electron chi connectivity index (χ2n) is 3.99. The number of rotatable bonds is 3. The van der Waals surface area contributed by atoms with E-state index in [1.807, 2.05) is 5.48 Å². The molecule has 5 nitrogen and oxygen atoms in total. The number of benzene rings is 1. The van der Waals surface area contributed by atoms with Crippen molar-refractivity contribution in [3.63, 3.8) is 0 Å². The molecule has 0 heterocycles. The highest BCUT2D eigenvalue weighted by molar-refractivity contribution is 9.10. The van der Waals surface area contributed by atoms with Crippen LogP contribution in [-0.4, -0.2) is 22.5 Å². The summed E-state index contributed by atoms with van der Waals surface area (Å²) in [6, 6.07) is 7.11. The van der Waals surface area contributed by atoms with Crippen LogP contribution in [0.25, 0.3) is 0 Å². The van der Waals surface area contributed by atoms with E-state index in [9.17, 15) is 9.59 Å². The summed E-state index contributed by atoms with van der Waals surface area (Å²) in [5.41, 5.74) is 2.56. The molecule has 1 aromatic rings. The van der Waals surface area contributed by atoms with Crippen LogP contribution in [0, 0.1) is 0 Å². The molecule has 0 radical (unpaired) electrons. The maximum atomic E-state index is 11.8. The Bertz CT molecular complexity index is 504. The summed E-state index contributed by atoms with van der Waals surface area (Å²) in [6.45, 7) is 1.17. The summed E-state index contributed by atoms with van der Waals surface area (Å²) in [7, 11) is 0. The molecular formula is C12H11BrCl3NO4. The molecule has 1 rings (SSSR count). The van der Waals surface area contributed by atoms with Crippen LogP contribution in [0.1, 0.15) is 18.4 Å². The van der Waals surface area contributed by atoms with E-state index in [1.54, 1.807) is 31.2 Å². The van der Waals surface area contributed by atoms with Gasteiger partial charge in [0.1, 0.15) is 6.61 Å². The standard InChI is InChI=1S/C12H11BrCl3NO4/c1-7(8-2-4-9(13)5-3-8)10(18)21-17-11(19)20-6-12(14,15)16/h2-5,7H,6H2,1H3,(H,17,19). The Kier molecular flexibility index (Phi) is 7.06. The minimum Gasteiger partial charge on any atom is -0.443 e. The number of amides is 1. The zero-order chi connectivity index (χ0) is 16.0. The first-order chi connectivity index (χ1) is 9.69. The predicted octanol–water partition coefficient (Wildman–Crippen LogP) is 4.11. The number of ether oxygens (including phenoxy) is 1. The molecule has 9 heteroatoms. The van der Waals surface area contributed by atoms with Gasteiger partial charge in [0.25, 0.3) is 0 Å². The number of halogens is 4. The number of carbonyl (C=O) groups excluding carboxylic acids is 2. The number of hydrogen-bond acceptors (Lipinski definition) is 4. The molecule has 1 N–H and O–H groups in total. The Balaban J connectivity index is 2.43. The Morgan fingerprint density at radius 1 is 1.29 bits per heavy atom. The van der Waals surface area contributed by atoms with E-state index in [-0.39, 0.29) is 0 Å². The highest BCUT2D eigenvalue weighted by Crippen LogP contribution is 2.25. The maximum Gasteiger partial charge on any atom is 0.440 e. The molecule has 0 aromatic heterocycles. The van der Waals surface area contributed by atoms with E-state index in [0.29, 0.717) is 0 Å². The van der Waals surface area contributed by atoms with E-state index in [0.717, 1.165) is 10.0 Å². The van der Waals surface area contributed by atoms with Crippen molar-refractivity contribution in [2.24, 2.45) is 0 Å². The van der Waals surface area contributed by atoms with E-state index in [1.165, 1.54) is 0 Å². The molecule has 0 bridgehead atoms. The molecule has 1 unspecified atom stereocenters. The number of hydrogen-bond donors (Lipinski definition) is 1. The van der Waals surface area contributed by atoms with Crippen molar-refractivity contribution < 1.29 is 19.2 Å². The van der Waals surface area contributed by atoms with Gasteiger partial charge in [-0.2, -0.15) is 0 Å². The Hall–Kier alpha value is -0.690. The first-order valence-corrected chi connectivity index (χ1v) is 7.57. The molecule has 0 fully saturated rings. The molecule has 0 saturated carbocycles. The van der Waals surface area contributed by atoms with Crippen molar-refractivity contribution in [1.29, 1.82) is 0 Å². The summed E-state index contributed by atoms with van der Waals surface area (Å²) in [6.07, 6.45) is -1.03. The molecule has 0 spiro atoms. The fourth-order valence-electron chi connectivity index (χ4n) is 1.24. The van der Waals surface area contributed by atoms with Gasteiger partial charge in [-0.25, -0.2) is 9.59 Å². The fraction of sp³-hybridized carbons (Fsp3) is 0.333. The Morgan fingerprint density at radius 3 is 2.38 bits per heavy atom. The van der Waals surface area contributed by atoms with Gasteiger partial charge in [-0.05, 0) is 24.6 Å². The van der Waals surface area contributed by atoms with Gasteiger partial charge in [-0.15, -0.1) is 5.48 Å². The lowest BCUT2D eigenvalue weighted by molar-refractivity contribution is -0.151. The molecule has 0 aliphatic heterocycles. The minimum atomic E-state index is -1.73. The lowest BCUT2D eigenvalue weighted by Gasteiger charge is -2.13. The first-order valence-electron chi connectivity index (χ1n) is 5.64. The van der Waals surface area contributed by atoms with Crippen LogP contribution in [0.4, 0.5) is 4.79 Å². The largest absolute Gasteiger partial charge is 0.443 e. The van der Waals surface area contributed by atoms with Crippen LogP contribution in [0.3, 0.4) is 0 Å². The van der Waals surface area contributed by atoms with Gasteiger partial charge in [-0.3, -0.25) is 0 Å². The van der Waals surface area contributed by atoms with Crippen molar-refractivity contribution in [3.05, 3.63) is 34.3 Å². The van der Waals surface area contributed by atoms with Crippen LogP contribution in [0.5, 0.6) is 0 Å². The van der Waals surface area contributed by atoms with Gasteiger partial charge in [0.15, 0.2) is 0 Å². The summed E-state index contributed by atoms with van der Waals surface area (Å²) in [4.78, 5) is 27.6. The van der Waals surface area contributed by atoms with Gasteiger partial charge in [0.05, 0.1) is 5.92 Å². The monoisotopic (exact) mass is 417 g/mol. The Morgan fingerprint density at radius 2 is 1.86 bits per heavy atom. The number of hydroxylamine groups is 1. The maximum absolute atomic E-state index is 11.8. The minimum absolute atomic E-state index is 0.469. The van der Waals surface area contributed by atoms with Gasteiger partial charge < -0.3 is 9.57 Å². The average Bonchev–Trinajstić information content (AvgIpc) is 2.41. The third-order valence-corrected chi connectivity index (χ3v) is 3.18. The first kappa shape index (κ1) is 18.4. The van der Waals surface area contributed by atoms with Crippen molar-refractivity contribution >= 4 is 62.8 Å². The third-order valence-electron chi connectivity index (χ3n) is 2.33. The van der Waals surface area contributed by atoms with Crippen molar-refractivity contribution in [2.75, 3.05) is 6.61 Å². The SMILES string of the molecule is CC(C(=O)ONC(=O)OCC(Cl)(Cl)Cl)c1ccc(Br)cc1. The molecule has 0 aliphatic rings. The van der Waals surface area contributed by atoms with Crippen LogP contribution >= 0.6 is 50.7 Å². The molecule has 1 amide bonds. The van der Waals surface area contributed by atoms with Crippen LogP contribution < -0.4 is 5.48 Å².